The van der Waals surface area contributed by atoms with E-state index in [1.807, 2.05) is 0 Å². The number of benzene rings is 2. The van der Waals surface area contributed by atoms with Crippen LogP contribution in [0.5, 0.6) is 11.5 Å². The molecule has 0 spiro atoms. The first-order valence-corrected chi connectivity index (χ1v) is 7.17. The number of hydrogen-bond donors (Lipinski definition) is 0. The van der Waals surface area contributed by atoms with Crippen LogP contribution >= 0.6 is 0 Å². The van der Waals surface area contributed by atoms with Gasteiger partial charge in [-0.2, -0.15) is 0 Å². The van der Waals surface area contributed by atoms with Crippen molar-refractivity contribution >= 4 is 22.3 Å². The summed E-state index contributed by atoms with van der Waals surface area (Å²) >= 11 is 0. The van der Waals surface area contributed by atoms with E-state index in [-0.39, 0.29) is 35.0 Å². The molecule has 25 heavy (non-hydrogen) atoms. The Morgan fingerprint density at radius 3 is 2.40 bits per heavy atom. The van der Waals surface area contributed by atoms with Crippen LogP contribution in [-0.2, 0) is 0 Å². The predicted octanol–water partition coefficient (Wildman–Crippen LogP) is 3.45. The molecule has 4 rings (SSSR count). The Labute approximate surface area is 139 Å². The van der Waals surface area contributed by atoms with Crippen molar-refractivity contribution in [2.75, 3.05) is 6.79 Å². The first kappa shape index (κ1) is 14.8. The summed E-state index contributed by atoms with van der Waals surface area (Å²) < 4.78 is 10.4. The minimum absolute atomic E-state index is 0.0497. The topological polar surface area (TPSA) is 118 Å². The van der Waals surface area contributed by atoms with Crippen LogP contribution < -0.4 is 9.47 Å². The summed E-state index contributed by atoms with van der Waals surface area (Å²) in [6.07, 6.45) is 1.27. The Bertz CT molecular complexity index is 1050. The van der Waals surface area contributed by atoms with Crippen LogP contribution in [0.3, 0.4) is 0 Å². The minimum atomic E-state index is -0.615. The van der Waals surface area contributed by atoms with Gasteiger partial charge in [0, 0.05) is 6.20 Å². The van der Waals surface area contributed by atoms with E-state index >= 15 is 0 Å². The molecule has 0 atom stereocenters. The predicted molar refractivity (Wildman–Crippen MR) is 86.6 cm³/mol. The van der Waals surface area contributed by atoms with E-state index in [2.05, 4.69) is 4.98 Å². The maximum atomic E-state index is 11.7. The smallest absolute Gasteiger partial charge is 0.288 e. The molecule has 3 aromatic rings. The van der Waals surface area contributed by atoms with E-state index in [4.69, 9.17) is 9.47 Å². The maximum absolute atomic E-state index is 11.7. The van der Waals surface area contributed by atoms with Crippen LogP contribution in [0, 0.1) is 20.2 Å². The first-order valence-electron chi connectivity index (χ1n) is 7.17. The Balaban J connectivity index is 2.07. The van der Waals surface area contributed by atoms with Crippen LogP contribution in [0.4, 0.5) is 11.4 Å². The molecule has 2 heterocycles. The fourth-order valence-electron chi connectivity index (χ4n) is 2.82. The van der Waals surface area contributed by atoms with Crippen molar-refractivity contribution < 1.29 is 19.3 Å². The zero-order chi connectivity index (χ0) is 17.6. The van der Waals surface area contributed by atoms with Gasteiger partial charge >= 0.3 is 0 Å². The molecule has 0 N–H and O–H groups in total. The average molecular weight is 339 g/mol. The van der Waals surface area contributed by atoms with Gasteiger partial charge in [0.05, 0.1) is 37.9 Å². The highest BCUT2D eigenvalue weighted by Gasteiger charge is 2.29. The molecule has 0 saturated carbocycles. The largest absolute Gasteiger partial charge is 0.454 e. The zero-order valence-electron chi connectivity index (χ0n) is 12.5. The number of rotatable bonds is 3. The molecule has 0 unspecified atom stereocenters. The Morgan fingerprint density at radius 2 is 1.68 bits per heavy atom. The highest BCUT2D eigenvalue weighted by atomic mass is 16.7. The fourth-order valence-corrected chi connectivity index (χ4v) is 2.82. The van der Waals surface area contributed by atoms with E-state index in [9.17, 15) is 20.2 Å². The third-order valence-corrected chi connectivity index (χ3v) is 3.91. The molecule has 124 valence electrons. The lowest BCUT2D eigenvalue weighted by atomic mass is 10.0. The molecule has 9 nitrogen and oxygen atoms in total. The molecular formula is C16H9N3O6. The van der Waals surface area contributed by atoms with Crippen LogP contribution in [-0.4, -0.2) is 21.6 Å². The lowest BCUT2D eigenvalue weighted by Gasteiger charge is -2.08. The normalized spacial score (nSPS) is 12.3. The van der Waals surface area contributed by atoms with Gasteiger partial charge in [-0.15, -0.1) is 0 Å². The Morgan fingerprint density at radius 1 is 0.960 bits per heavy atom. The van der Waals surface area contributed by atoms with Crippen molar-refractivity contribution in [3.05, 3.63) is 62.8 Å². The van der Waals surface area contributed by atoms with Gasteiger partial charge in [0.2, 0.25) is 6.79 Å². The molecule has 0 aliphatic carbocycles. The number of fused-ring (bicyclic) bond motifs is 2. The number of ether oxygens (including phenoxy) is 2. The second kappa shape index (κ2) is 5.41. The number of pyridine rings is 1. The summed E-state index contributed by atoms with van der Waals surface area (Å²) in [7, 11) is 0. The lowest BCUT2D eigenvalue weighted by molar-refractivity contribution is -0.385. The summed E-state index contributed by atoms with van der Waals surface area (Å²) in [4.78, 5) is 26.2. The Kier molecular flexibility index (Phi) is 3.21. The number of aromatic nitrogens is 1. The fraction of sp³-hybridized carbons (Fsp3) is 0.0625. The maximum Gasteiger partial charge on any atom is 0.288 e. The molecule has 1 aliphatic rings. The van der Waals surface area contributed by atoms with E-state index in [0.717, 1.165) is 0 Å². The van der Waals surface area contributed by atoms with Gasteiger partial charge in [0.1, 0.15) is 0 Å². The molecule has 0 amide bonds. The zero-order valence-corrected chi connectivity index (χ0v) is 12.5. The molecule has 1 aliphatic heterocycles. The highest BCUT2D eigenvalue weighted by Crippen LogP contribution is 2.45. The van der Waals surface area contributed by atoms with Crippen molar-refractivity contribution in [3.8, 4) is 22.6 Å². The van der Waals surface area contributed by atoms with Gasteiger partial charge in [-0.1, -0.05) is 12.1 Å². The van der Waals surface area contributed by atoms with Gasteiger partial charge in [-0.05, 0) is 18.2 Å². The summed E-state index contributed by atoms with van der Waals surface area (Å²) in [6.45, 7) is -0.0615. The number of nitrogens with zero attached hydrogens (tertiary/aromatic N) is 3. The summed E-state index contributed by atoms with van der Waals surface area (Å²) in [5, 5.41) is 23.4. The number of nitro benzene ring substituents is 1. The molecule has 0 bridgehead atoms. The van der Waals surface area contributed by atoms with Crippen LogP contribution in [0.1, 0.15) is 0 Å². The quantitative estimate of drug-likeness (QED) is 0.529. The van der Waals surface area contributed by atoms with Crippen LogP contribution in [0.2, 0.25) is 0 Å². The first-order chi connectivity index (χ1) is 12.1. The molecule has 9 heteroatoms. The molecule has 0 saturated heterocycles. The van der Waals surface area contributed by atoms with Crippen LogP contribution in [0.15, 0.2) is 42.6 Å². The van der Waals surface area contributed by atoms with Crippen molar-refractivity contribution in [2.45, 2.75) is 0 Å². The van der Waals surface area contributed by atoms with Crippen LogP contribution in [0.25, 0.3) is 22.0 Å². The molecule has 2 aromatic carbocycles. The Hall–Kier alpha value is -3.75. The van der Waals surface area contributed by atoms with Crippen molar-refractivity contribution in [2.24, 2.45) is 0 Å². The average Bonchev–Trinajstić information content (AvgIpc) is 3.06. The van der Waals surface area contributed by atoms with E-state index in [1.54, 1.807) is 24.3 Å². The number of nitro groups is 2. The lowest BCUT2D eigenvalue weighted by Crippen LogP contribution is -1.98. The third kappa shape index (κ3) is 2.29. The van der Waals surface area contributed by atoms with Crippen molar-refractivity contribution in [3.63, 3.8) is 0 Å². The molecular weight excluding hydrogens is 330 g/mol. The SMILES string of the molecule is O=[N+]([O-])c1cc2c(cc1-c1cnc3ccccc3c1[N+](=O)[O-])OCO2. The second-order valence-electron chi connectivity index (χ2n) is 5.27. The van der Waals surface area contributed by atoms with Gasteiger partial charge in [-0.25, -0.2) is 0 Å². The monoisotopic (exact) mass is 339 g/mol. The highest BCUT2D eigenvalue weighted by molar-refractivity contribution is 5.97. The summed E-state index contributed by atoms with van der Waals surface area (Å²) in [6, 6.07) is 9.13. The van der Waals surface area contributed by atoms with E-state index in [1.165, 1.54) is 18.3 Å². The molecule has 1 aromatic heterocycles. The van der Waals surface area contributed by atoms with Gasteiger partial charge < -0.3 is 9.47 Å². The minimum Gasteiger partial charge on any atom is -0.454 e. The summed E-state index contributed by atoms with van der Waals surface area (Å²) in [5.74, 6) is 0.523. The standard InChI is InChI=1S/C16H9N3O6/c20-18(21)13-6-15-14(24-8-25-15)5-10(13)11-7-17-12-4-2-1-3-9(12)16(11)19(22)23/h1-7H,8H2. The van der Waals surface area contributed by atoms with Gasteiger partial charge in [0.25, 0.3) is 11.4 Å². The van der Waals surface area contributed by atoms with Gasteiger partial charge in [0.15, 0.2) is 11.5 Å². The van der Waals surface area contributed by atoms with Crippen molar-refractivity contribution in [1.82, 2.24) is 4.98 Å². The van der Waals surface area contributed by atoms with Crippen molar-refractivity contribution in [1.29, 1.82) is 0 Å². The van der Waals surface area contributed by atoms with E-state index in [0.29, 0.717) is 16.7 Å². The second-order valence-corrected chi connectivity index (χ2v) is 5.27. The molecule has 0 radical (unpaired) electrons. The number of para-hydroxylation sites is 1. The van der Waals surface area contributed by atoms with E-state index < -0.39 is 9.85 Å². The number of hydrogen-bond acceptors (Lipinski definition) is 7. The summed E-state index contributed by atoms with van der Waals surface area (Å²) in [5.41, 5.74) is -0.0220. The van der Waals surface area contributed by atoms with Gasteiger partial charge in [-0.3, -0.25) is 25.2 Å². The third-order valence-electron chi connectivity index (χ3n) is 3.91. The molecule has 0 fully saturated rings.